The smallest absolute Gasteiger partial charge is 0.293 e. The molecule has 0 aliphatic rings. The van der Waals surface area contributed by atoms with Gasteiger partial charge in [-0.3, -0.25) is 4.79 Å². The van der Waals surface area contributed by atoms with Crippen LogP contribution in [0.4, 0.5) is 11.5 Å². The van der Waals surface area contributed by atoms with Gasteiger partial charge in [0.05, 0.1) is 23.5 Å². The molecule has 0 aliphatic heterocycles. The third-order valence-electron chi connectivity index (χ3n) is 4.59. The summed E-state index contributed by atoms with van der Waals surface area (Å²) in [7, 11) is 1.86. The standard InChI is InChI=1S/C20H17Cl2N9O2/c1-30(14-5-3-2-4-6-14)11-16-17(25-29-31(16)19-18(23)27-33-28-19)20(32)26-24-10-12-7-8-13(21)9-15(12)22/h2-10H,11H2,1H3,(H2,23,27)(H,26,32)/b24-10+. The average molecular weight is 486 g/mol. The number of nitrogens with one attached hydrogen (secondary N) is 1. The third-order valence-corrected chi connectivity index (χ3v) is 5.15. The van der Waals surface area contributed by atoms with E-state index in [0.717, 1.165) is 5.69 Å². The summed E-state index contributed by atoms with van der Waals surface area (Å²) in [5, 5.41) is 20.2. The van der Waals surface area contributed by atoms with Crippen LogP contribution in [0.1, 0.15) is 21.7 Å². The van der Waals surface area contributed by atoms with E-state index in [1.165, 1.54) is 10.9 Å². The van der Waals surface area contributed by atoms with Gasteiger partial charge in [0, 0.05) is 23.3 Å². The minimum atomic E-state index is -0.589. The van der Waals surface area contributed by atoms with Gasteiger partial charge in [-0.1, -0.05) is 52.7 Å². The number of para-hydroxylation sites is 1. The molecule has 0 saturated carbocycles. The molecule has 0 saturated heterocycles. The molecule has 4 rings (SSSR count). The van der Waals surface area contributed by atoms with Crippen LogP contribution < -0.4 is 16.1 Å². The molecule has 2 heterocycles. The highest BCUT2D eigenvalue weighted by atomic mass is 35.5. The van der Waals surface area contributed by atoms with Crippen LogP contribution in [0.3, 0.4) is 0 Å². The van der Waals surface area contributed by atoms with E-state index in [1.807, 2.05) is 42.3 Å². The number of nitrogens with two attached hydrogens (primary N) is 1. The van der Waals surface area contributed by atoms with E-state index in [4.69, 9.17) is 28.9 Å². The van der Waals surface area contributed by atoms with Crippen molar-refractivity contribution in [2.24, 2.45) is 5.10 Å². The lowest BCUT2D eigenvalue weighted by Gasteiger charge is -2.19. The molecule has 2 aromatic heterocycles. The third kappa shape index (κ3) is 4.94. The molecule has 0 aliphatic carbocycles. The van der Waals surface area contributed by atoms with Crippen molar-refractivity contribution in [2.75, 3.05) is 17.7 Å². The number of rotatable bonds is 7. The summed E-state index contributed by atoms with van der Waals surface area (Å²) in [6.45, 7) is 0.249. The van der Waals surface area contributed by atoms with Crippen LogP contribution in [-0.4, -0.2) is 44.5 Å². The minimum Gasteiger partial charge on any atom is -0.378 e. The zero-order chi connectivity index (χ0) is 23.4. The summed E-state index contributed by atoms with van der Waals surface area (Å²) in [4.78, 5) is 14.8. The molecule has 3 N–H and O–H groups in total. The molecule has 0 atom stereocenters. The fraction of sp³-hybridized carbons (Fsp3) is 0.100. The molecule has 2 aromatic carbocycles. The van der Waals surface area contributed by atoms with Crippen LogP contribution in [0.2, 0.25) is 10.0 Å². The predicted octanol–water partition coefficient (Wildman–Crippen LogP) is 2.94. The molecular formula is C20H17Cl2N9O2. The van der Waals surface area contributed by atoms with E-state index in [-0.39, 0.29) is 23.9 Å². The normalized spacial score (nSPS) is 11.1. The van der Waals surface area contributed by atoms with Gasteiger partial charge in [0.1, 0.15) is 0 Å². The second-order valence-electron chi connectivity index (χ2n) is 6.83. The zero-order valence-electron chi connectivity index (χ0n) is 17.2. The molecule has 168 valence electrons. The molecule has 13 heteroatoms. The summed E-state index contributed by atoms with van der Waals surface area (Å²) >= 11 is 12.0. The number of aromatic nitrogens is 5. The molecule has 0 spiro atoms. The molecule has 33 heavy (non-hydrogen) atoms. The van der Waals surface area contributed by atoms with Gasteiger partial charge in [-0.2, -0.15) is 9.78 Å². The average Bonchev–Trinajstić information content (AvgIpc) is 3.41. The van der Waals surface area contributed by atoms with Gasteiger partial charge in [0.2, 0.25) is 11.6 Å². The number of hydrazone groups is 1. The SMILES string of the molecule is CN(Cc1c(C(=O)N/N=C/c2ccc(Cl)cc2Cl)nnn1-c1nonc1N)c1ccccc1. The van der Waals surface area contributed by atoms with Crippen molar-refractivity contribution in [3.63, 3.8) is 0 Å². The van der Waals surface area contributed by atoms with Gasteiger partial charge in [-0.25, -0.2) is 10.1 Å². The molecule has 1 amide bonds. The number of carbonyl (C=O) groups is 1. The Bertz CT molecular complexity index is 1300. The number of benzene rings is 2. The lowest BCUT2D eigenvalue weighted by Crippen LogP contribution is -2.24. The van der Waals surface area contributed by atoms with Crippen molar-refractivity contribution in [1.82, 2.24) is 30.7 Å². The topological polar surface area (TPSA) is 140 Å². The number of halogens is 2. The molecule has 0 radical (unpaired) electrons. The van der Waals surface area contributed by atoms with Crippen LogP contribution >= 0.6 is 23.2 Å². The summed E-state index contributed by atoms with van der Waals surface area (Å²) in [6, 6.07) is 14.5. The number of anilines is 2. The van der Waals surface area contributed by atoms with Crippen LogP contribution in [0.25, 0.3) is 5.82 Å². The maximum Gasteiger partial charge on any atom is 0.293 e. The Labute approximate surface area is 197 Å². The van der Waals surface area contributed by atoms with Gasteiger partial charge in [-0.15, -0.1) is 5.10 Å². The van der Waals surface area contributed by atoms with E-state index >= 15 is 0 Å². The van der Waals surface area contributed by atoms with Crippen molar-refractivity contribution in [3.05, 3.63) is 75.5 Å². The maximum atomic E-state index is 12.9. The molecule has 0 unspecified atom stereocenters. The molecule has 0 bridgehead atoms. The Kier molecular flexibility index (Phi) is 6.52. The number of nitrogen functional groups attached to an aromatic ring is 1. The largest absolute Gasteiger partial charge is 0.378 e. The Morgan fingerprint density at radius 2 is 2.03 bits per heavy atom. The Hall–Kier alpha value is -3.96. The van der Waals surface area contributed by atoms with Gasteiger partial charge in [-0.05, 0) is 34.6 Å². The first-order chi connectivity index (χ1) is 15.9. The zero-order valence-corrected chi connectivity index (χ0v) is 18.7. The Balaban J connectivity index is 1.61. The number of nitrogens with zero attached hydrogens (tertiary/aromatic N) is 7. The van der Waals surface area contributed by atoms with Crippen LogP contribution in [0.5, 0.6) is 0 Å². The predicted molar refractivity (Wildman–Crippen MR) is 124 cm³/mol. The number of hydrogen-bond donors (Lipinski definition) is 2. The number of amides is 1. The summed E-state index contributed by atoms with van der Waals surface area (Å²) < 4.78 is 5.98. The van der Waals surface area contributed by atoms with E-state index in [2.05, 4.69) is 35.8 Å². The molecular weight excluding hydrogens is 469 g/mol. The summed E-state index contributed by atoms with van der Waals surface area (Å²) in [5.41, 5.74) is 10.2. The highest BCUT2D eigenvalue weighted by Gasteiger charge is 2.25. The van der Waals surface area contributed by atoms with Crippen molar-refractivity contribution in [1.29, 1.82) is 0 Å². The lowest BCUT2D eigenvalue weighted by atomic mass is 10.2. The van der Waals surface area contributed by atoms with Crippen LogP contribution in [-0.2, 0) is 6.54 Å². The van der Waals surface area contributed by atoms with E-state index in [9.17, 15) is 4.79 Å². The van der Waals surface area contributed by atoms with Crippen molar-refractivity contribution in [2.45, 2.75) is 6.54 Å². The van der Waals surface area contributed by atoms with E-state index in [0.29, 0.717) is 21.3 Å². The van der Waals surface area contributed by atoms with Crippen LogP contribution in [0.15, 0.2) is 58.3 Å². The van der Waals surface area contributed by atoms with Gasteiger partial charge < -0.3 is 10.6 Å². The second-order valence-corrected chi connectivity index (χ2v) is 7.67. The first-order valence-electron chi connectivity index (χ1n) is 9.51. The Morgan fingerprint density at radius 1 is 1.24 bits per heavy atom. The highest BCUT2D eigenvalue weighted by Crippen LogP contribution is 2.21. The second kappa shape index (κ2) is 9.67. The fourth-order valence-electron chi connectivity index (χ4n) is 2.95. The number of carbonyl (C=O) groups excluding carboxylic acids is 1. The molecule has 0 fully saturated rings. The van der Waals surface area contributed by atoms with Crippen molar-refractivity contribution < 1.29 is 9.42 Å². The summed E-state index contributed by atoms with van der Waals surface area (Å²) in [5.74, 6) is -0.464. The maximum absolute atomic E-state index is 12.9. The minimum absolute atomic E-state index is 0.00544. The fourth-order valence-corrected chi connectivity index (χ4v) is 3.40. The van der Waals surface area contributed by atoms with Crippen molar-refractivity contribution >= 4 is 46.8 Å². The Morgan fingerprint density at radius 3 is 2.73 bits per heavy atom. The quantitative estimate of drug-likeness (QED) is 0.300. The van der Waals surface area contributed by atoms with E-state index in [1.54, 1.807) is 18.2 Å². The van der Waals surface area contributed by atoms with Crippen molar-refractivity contribution in [3.8, 4) is 5.82 Å². The van der Waals surface area contributed by atoms with Gasteiger partial charge >= 0.3 is 0 Å². The highest BCUT2D eigenvalue weighted by molar-refractivity contribution is 6.36. The van der Waals surface area contributed by atoms with Gasteiger partial charge in [0.15, 0.2) is 5.69 Å². The molecule has 4 aromatic rings. The summed E-state index contributed by atoms with van der Waals surface area (Å²) in [6.07, 6.45) is 1.40. The lowest BCUT2D eigenvalue weighted by molar-refractivity contribution is 0.0949. The molecule has 11 nitrogen and oxygen atoms in total. The monoisotopic (exact) mass is 485 g/mol. The number of hydrogen-bond acceptors (Lipinski definition) is 9. The first kappa shape index (κ1) is 22.2. The first-order valence-corrected chi connectivity index (χ1v) is 10.3. The van der Waals surface area contributed by atoms with Gasteiger partial charge in [0.25, 0.3) is 5.91 Å². The van der Waals surface area contributed by atoms with E-state index < -0.39 is 5.91 Å². The van der Waals surface area contributed by atoms with Crippen LogP contribution in [0, 0.1) is 0 Å².